The Hall–Kier alpha value is -9.28. The van der Waals surface area contributed by atoms with E-state index >= 15 is 0 Å². The Balaban J connectivity index is 0.590. The first-order chi connectivity index (χ1) is 61.9. The van der Waals surface area contributed by atoms with Crippen LogP contribution in [0.5, 0.6) is 0 Å². The predicted molar refractivity (Wildman–Crippen MR) is 425 cm³/mol. The smallest absolute Gasteiger partial charge is 0.386 e. The van der Waals surface area contributed by atoms with Crippen molar-refractivity contribution in [3.63, 3.8) is 0 Å². The largest absolute Gasteiger partial charge is 0.472 e. The van der Waals surface area contributed by atoms with Crippen LogP contribution in [0.3, 0.4) is 0 Å². The molecule has 23 N–H and O–H groups in total. The average Bonchev–Trinajstić information content (AvgIpc) is 1.65. The van der Waals surface area contributed by atoms with E-state index in [1.54, 1.807) is 0 Å². The Kier molecular flexibility index (Phi) is 26.1. The van der Waals surface area contributed by atoms with Crippen LogP contribution in [-0.4, -0.2) is 275 Å². The standard InChI is InChI=1S/C59H75N28O37P7/c60-34-1-2-82(59(90)79-34)57-45(88)46(124-131(105,106)111-9-29-23(119-126(94,95)96)3-39(114-29)87-22-78-44-55(87)80-58(65)81-56(44)89)33(118-57)13-112-130(103,104)123-27-7-38(86-21-77-43-50(64)69-17-73-54(43)86)117-32(27)12-110-129(101,102)122-26-6-37(85-20-76-42-49(63)68-16-72-53(42)85)116-31(26)11-109-128(99,100)121-25-5-36(84-19-75-41-48(62)67-15-71-52(41)84)115-30(25)10-108-127(97,98)120-24-4-35(113-28(24)8-107-125(91,92)93)83-18-74-40-47(61)66-14-70-51(40)83/h1-2,14-33,35-39,45-46,57,88H,3-13H2,(H,97,98)(H,99,100)(H,101,102)(H,103,104)(H,105,106)(H2,60,79,90)(H2,61,66,70)(H2,62,67,71)(H2,63,68,72)(H2,64,69,73)(H2,91,92,93)(H2,94,95,96)(H3,65,80,81,89)/t23-,24-,25-,26-,27-,28+,29+,30+,31+,32+,33+,35+,36+,37+,38+,39+,45+,46+,57+/m0/s1. The molecule has 65 nitrogen and oxygen atoms in total. The molecule has 6 saturated heterocycles. The van der Waals surface area contributed by atoms with Gasteiger partial charge in [0.1, 0.15) is 164 Å². The highest BCUT2D eigenvalue weighted by Gasteiger charge is 2.54. The monoisotopic (exact) mass is 1980 g/mol. The molecule has 0 amide bonds. The van der Waals surface area contributed by atoms with Crippen LogP contribution in [0.4, 0.5) is 35.0 Å². The molecule has 6 aliphatic rings. The van der Waals surface area contributed by atoms with E-state index in [1.165, 1.54) is 43.6 Å². The van der Waals surface area contributed by atoms with Crippen LogP contribution in [0.15, 0.2) is 78.8 Å². The third-order valence-corrected chi connectivity index (χ3v) is 27.0. The lowest BCUT2D eigenvalue weighted by Gasteiger charge is -2.26. The van der Waals surface area contributed by atoms with Crippen LogP contribution in [0.1, 0.15) is 69.5 Å². The Bertz CT molecular complexity index is 6620. The van der Waals surface area contributed by atoms with Crippen molar-refractivity contribution in [2.75, 3.05) is 74.0 Å². The number of ether oxygens (including phenoxy) is 6. The number of fused-ring (bicyclic) bond motifs is 5. The van der Waals surface area contributed by atoms with Crippen LogP contribution < -0.4 is 45.7 Å². The molecule has 0 aliphatic carbocycles. The second-order valence-electron chi connectivity index (χ2n) is 29.4. The van der Waals surface area contributed by atoms with Gasteiger partial charge in [-0.2, -0.15) is 9.97 Å². The summed E-state index contributed by atoms with van der Waals surface area (Å²) in [6.45, 7) is -6.52. The minimum atomic E-state index is -5.71. The highest BCUT2D eigenvalue weighted by molar-refractivity contribution is 7.48. The molecule has 131 heavy (non-hydrogen) atoms. The number of nitrogens with zero attached hydrogens (tertiary/aromatic N) is 21. The molecule has 11 aromatic rings. The third kappa shape index (κ3) is 20.7. The molecule has 6 aliphatic heterocycles. The summed E-state index contributed by atoms with van der Waals surface area (Å²) in [4.78, 5) is 186. The van der Waals surface area contributed by atoms with Gasteiger partial charge in [-0.05, 0) is 6.07 Å². The lowest BCUT2D eigenvalue weighted by molar-refractivity contribution is -0.0649. The molecular formula is C59H75N28O37P7. The van der Waals surface area contributed by atoms with Crippen molar-refractivity contribution >= 4 is 146 Å². The number of aliphatic hydroxyl groups is 1. The molecule has 0 saturated carbocycles. The van der Waals surface area contributed by atoms with Crippen molar-refractivity contribution < 1.29 is 164 Å². The molecule has 0 spiro atoms. The van der Waals surface area contributed by atoms with Crippen molar-refractivity contribution in [3.8, 4) is 0 Å². The Morgan fingerprint density at radius 3 is 0.992 bits per heavy atom. The summed E-state index contributed by atoms with van der Waals surface area (Å²) in [5.41, 5.74) is 34.0. The lowest BCUT2D eigenvalue weighted by Crippen LogP contribution is -2.38. The van der Waals surface area contributed by atoms with Gasteiger partial charge >= 0.3 is 60.4 Å². The van der Waals surface area contributed by atoms with Gasteiger partial charge in [0.25, 0.3) is 5.56 Å². The number of H-pyrrole nitrogens is 1. The summed E-state index contributed by atoms with van der Waals surface area (Å²) in [7, 11) is -38.7. The van der Waals surface area contributed by atoms with Crippen molar-refractivity contribution in [2.24, 2.45) is 0 Å². The number of rotatable bonds is 36. The second-order valence-corrected chi connectivity index (χ2v) is 38.9. The van der Waals surface area contributed by atoms with Gasteiger partial charge in [-0.25, -0.2) is 102 Å². The number of nitrogen functional groups attached to an aromatic ring is 6. The number of hydrogen-bond acceptors (Lipinski definition) is 49. The van der Waals surface area contributed by atoms with Gasteiger partial charge in [0.05, 0.1) is 71.3 Å². The van der Waals surface area contributed by atoms with E-state index in [1.807, 2.05) is 0 Å². The Morgan fingerprint density at radius 1 is 0.359 bits per heavy atom. The number of anilines is 6. The van der Waals surface area contributed by atoms with Crippen molar-refractivity contribution in [1.82, 2.24) is 107 Å². The summed E-state index contributed by atoms with van der Waals surface area (Å²) in [6, 6.07) is 1.09. The molecule has 17 heterocycles. The first-order valence-corrected chi connectivity index (χ1v) is 48.6. The number of phosphoric acid groups is 7. The Labute approximate surface area is 726 Å². The molecule has 17 rings (SSSR count). The number of nitrogens with two attached hydrogens (primary N) is 6. The van der Waals surface area contributed by atoms with E-state index in [4.69, 9.17) is 117 Å². The average molecular weight is 1990 g/mol. The number of nitrogens with one attached hydrogen (secondary N) is 1. The molecule has 6 fully saturated rings. The summed E-state index contributed by atoms with van der Waals surface area (Å²) >= 11 is 0. The van der Waals surface area contributed by atoms with Gasteiger partial charge in [-0.1, -0.05) is 0 Å². The lowest BCUT2D eigenvalue weighted by atomic mass is 10.1. The maximum Gasteiger partial charge on any atom is 0.472 e. The zero-order valence-corrected chi connectivity index (χ0v) is 72.3. The molecule has 708 valence electrons. The number of aromatic nitrogens is 22. The van der Waals surface area contributed by atoms with E-state index in [0.29, 0.717) is 4.57 Å². The second kappa shape index (κ2) is 36.5. The minimum absolute atomic E-state index is 0.0175. The van der Waals surface area contributed by atoms with E-state index in [9.17, 15) is 90.7 Å². The topological polar surface area (TPSA) is 917 Å². The number of phosphoric ester groups is 7. The molecule has 5 unspecified atom stereocenters. The van der Waals surface area contributed by atoms with Gasteiger partial charge < -0.3 is 112 Å². The zero-order chi connectivity index (χ0) is 92.9. The molecular weight excluding hydrogens is 1910 g/mol. The number of hydrogen-bond donors (Lipinski definition) is 17. The van der Waals surface area contributed by atoms with Crippen LogP contribution >= 0.6 is 54.8 Å². The molecule has 11 aromatic heterocycles. The fourth-order valence-electron chi connectivity index (χ4n) is 15.1. The predicted octanol–water partition coefficient (Wildman–Crippen LogP) is -1.98. The van der Waals surface area contributed by atoms with Gasteiger partial charge in [-0.3, -0.25) is 91.5 Å². The Morgan fingerprint density at radius 2 is 0.664 bits per heavy atom. The highest BCUT2D eigenvalue weighted by atomic mass is 31.2. The normalized spacial score (nSPS) is 29.1. The van der Waals surface area contributed by atoms with Gasteiger partial charge in [0.2, 0.25) is 5.95 Å². The highest BCUT2D eigenvalue weighted by Crippen LogP contribution is 2.58. The van der Waals surface area contributed by atoms with Crippen molar-refractivity contribution in [1.29, 1.82) is 0 Å². The molecule has 0 radical (unpaired) electrons. The zero-order valence-electron chi connectivity index (χ0n) is 66.1. The maximum atomic E-state index is 14.6. The van der Waals surface area contributed by atoms with E-state index in [2.05, 4.69) is 79.7 Å². The van der Waals surface area contributed by atoms with Crippen molar-refractivity contribution in [2.45, 2.75) is 149 Å². The van der Waals surface area contributed by atoms with E-state index in [0.717, 1.165) is 48.5 Å². The van der Waals surface area contributed by atoms with Crippen LogP contribution in [0.2, 0.25) is 0 Å². The number of imidazole rings is 5. The maximum absolute atomic E-state index is 14.6. The number of aromatic amines is 1. The third-order valence-electron chi connectivity index (χ3n) is 20.9. The minimum Gasteiger partial charge on any atom is -0.386 e. The fraction of sp³-hybridized carbons (Fsp3) is 0.508. The molecule has 72 heteroatoms. The van der Waals surface area contributed by atoms with Crippen LogP contribution in [0.25, 0.3) is 55.8 Å². The quantitative estimate of drug-likeness (QED) is 0.0189. The SMILES string of the molecule is Nc1ccn([C@@H]2O[C@H](COP(=O)(O)O[C@H]3C[C@H](n4cnc5c(N)ncnc54)O[C@@H]3COP(=O)(O)O[C@H]3C[C@H](n4cnc5c(N)ncnc54)O[C@@H]3COP(=O)(O)O[C@H]3C[C@H](n4cnc5c(N)ncnc54)O[C@@H]3COP(=O)(O)O[C@H]3C[C@H](n4cnc5c(N)ncnc54)O[C@@H]3COP(=O)(O)O)[C@@H](OP(=O)(O)OC[C@H]3O[C@@H](n4cnc5c(=O)[nH]c(N)nc54)C[C@@H]3OP(=O)(O)O)[C@H]2O)c(=O)n1. The van der Waals surface area contributed by atoms with Gasteiger partial charge in [0.15, 0.2) is 63.3 Å². The fourth-order valence-corrected chi connectivity index (χ4v) is 20.9. The molecule has 0 bridgehead atoms. The van der Waals surface area contributed by atoms with E-state index < -0.39 is 248 Å². The summed E-state index contributed by atoms with van der Waals surface area (Å²) in [5.74, 6) is -0.970. The van der Waals surface area contributed by atoms with Crippen molar-refractivity contribution in [3.05, 3.63) is 90.0 Å². The van der Waals surface area contributed by atoms with Crippen LogP contribution in [-0.2, 0) is 115 Å². The van der Waals surface area contributed by atoms with Crippen LogP contribution in [0, 0.1) is 0 Å². The van der Waals surface area contributed by atoms with Gasteiger partial charge in [0, 0.05) is 38.3 Å². The summed E-state index contributed by atoms with van der Waals surface area (Å²) in [6.07, 6.45) is -22.7. The molecule has 0 aromatic carbocycles. The number of aliphatic hydroxyl groups excluding tert-OH is 1. The van der Waals surface area contributed by atoms with Gasteiger partial charge in [-0.15, -0.1) is 0 Å². The summed E-state index contributed by atoms with van der Waals surface area (Å²) < 4.78 is 205. The first kappa shape index (κ1) is 93.5. The summed E-state index contributed by atoms with van der Waals surface area (Å²) in [5, 5.41) is 11.8. The first-order valence-electron chi connectivity index (χ1n) is 38.1. The van der Waals surface area contributed by atoms with E-state index in [-0.39, 0.29) is 97.3 Å². The molecule has 24 atom stereocenters.